The van der Waals surface area contributed by atoms with Crippen molar-refractivity contribution >= 4 is 16.7 Å². The molecule has 0 bridgehead atoms. The van der Waals surface area contributed by atoms with E-state index in [9.17, 15) is 9.00 Å². The smallest absolute Gasteiger partial charge is 0.223 e. The van der Waals surface area contributed by atoms with E-state index in [1.165, 1.54) is 11.1 Å². The second kappa shape index (κ2) is 7.09. The number of hydrogen-bond donors (Lipinski definition) is 1. The van der Waals surface area contributed by atoms with Crippen molar-refractivity contribution < 1.29 is 9.00 Å². The van der Waals surface area contributed by atoms with E-state index in [2.05, 4.69) is 24.4 Å². The van der Waals surface area contributed by atoms with Crippen LogP contribution in [0, 0.1) is 12.8 Å². The van der Waals surface area contributed by atoms with Gasteiger partial charge in [0.1, 0.15) is 0 Å². The number of nitrogens with one attached hydrogen (secondary N) is 1. The Balaban J connectivity index is 1.46. The molecular formula is C19H21NO2S. The first kappa shape index (κ1) is 15.9. The van der Waals surface area contributed by atoms with Gasteiger partial charge in [-0.2, -0.15) is 0 Å². The summed E-state index contributed by atoms with van der Waals surface area (Å²) in [5.41, 5.74) is 2.53. The summed E-state index contributed by atoms with van der Waals surface area (Å²) in [6, 6.07) is 17.6. The minimum atomic E-state index is -1.06. The number of carbonyl (C=O) groups excluding carboxylic acids is 1. The Bertz CT molecular complexity index is 714. The number of rotatable bonds is 6. The largest absolute Gasteiger partial charge is 0.355 e. The SMILES string of the molecule is Cc1ccccc1[C@@H]1C[C@H]1C(=O)NCC[S@@](=O)c1ccccc1. The van der Waals surface area contributed by atoms with Gasteiger partial charge in [0.2, 0.25) is 5.91 Å². The number of amides is 1. The molecule has 120 valence electrons. The summed E-state index contributed by atoms with van der Waals surface area (Å²) in [5.74, 6) is 0.956. The van der Waals surface area contributed by atoms with Gasteiger partial charge in [-0.1, -0.05) is 42.5 Å². The Morgan fingerprint density at radius 2 is 1.83 bits per heavy atom. The quantitative estimate of drug-likeness (QED) is 0.886. The Kier molecular flexibility index (Phi) is 4.91. The average molecular weight is 327 g/mol. The molecule has 1 saturated carbocycles. The number of carbonyl (C=O) groups is 1. The van der Waals surface area contributed by atoms with Gasteiger partial charge in [-0.3, -0.25) is 9.00 Å². The second-order valence-corrected chi connectivity index (χ2v) is 7.53. The third kappa shape index (κ3) is 3.88. The zero-order valence-electron chi connectivity index (χ0n) is 13.2. The number of hydrogen-bond acceptors (Lipinski definition) is 2. The van der Waals surface area contributed by atoms with Crippen molar-refractivity contribution in [3.8, 4) is 0 Å². The molecule has 0 radical (unpaired) electrons. The maximum atomic E-state index is 12.2. The summed E-state index contributed by atoms with van der Waals surface area (Å²) in [6.07, 6.45) is 0.915. The van der Waals surface area contributed by atoms with Gasteiger partial charge in [0, 0.05) is 23.1 Å². The van der Waals surface area contributed by atoms with Crippen molar-refractivity contribution in [3.63, 3.8) is 0 Å². The molecule has 3 atom stereocenters. The highest BCUT2D eigenvalue weighted by atomic mass is 32.2. The standard InChI is InChI=1S/C19H21NO2S/c1-14-7-5-6-10-16(14)17-13-18(17)19(21)20-11-12-23(22)15-8-3-2-4-9-15/h2-10,17-18H,11-13H2,1H3,(H,20,21)/t17-,18+,23+/m0/s1. The van der Waals surface area contributed by atoms with Crippen LogP contribution in [-0.4, -0.2) is 22.4 Å². The Hall–Kier alpha value is -1.94. The van der Waals surface area contributed by atoms with Crippen LogP contribution in [0.25, 0.3) is 0 Å². The van der Waals surface area contributed by atoms with Crippen molar-refractivity contribution in [2.75, 3.05) is 12.3 Å². The summed E-state index contributed by atoms with van der Waals surface area (Å²) in [5, 5.41) is 2.93. The van der Waals surface area contributed by atoms with Gasteiger partial charge in [0.15, 0.2) is 0 Å². The van der Waals surface area contributed by atoms with Crippen LogP contribution in [0.5, 0.6) is 0 Å². The Morgan fingerprint density at radius 3 is 2.57 bits per heavy atom. The molecule has 0 aromatic heterocycles. The van der Waals surface area contributed by atoms with Crippen LogP contribution >= 0.6 is 0 Å². The van der Waals surface area contributed by atoms with Gasteiger partial charge < -0.3 is 5.32 Å². The van der Waals surface area contributed by atoms with Gasteiger partial charge in [-0.25, -0.2) is 0 Å². The molecule has 3 nitrogen and oxygen atoms in total. The van der Waals surface area contributed by atoms with Crippen LogP contribution in [0.4, 0.5) is 0 Å². The third-order valence-corrected chi connectivity index (χ3v) is 5.68. The van der Waals surface area contributed by atoms with Crippen molar-refractivity contribution in [1.82, 2.24) is 5.32 Å². The van der Waals surface area contributed by atoms with Crippen LogP contribution in [0.1, 0.15) is 23.5 Å². The molecule has 3 rings (SSSR count). The molecule has 2 aromatic carbocycles. The monoisotopic (exact) mass is 327 g/mol. The lowest BCUT2D eigenvalue weighted by molar-refractivity contribution is -0.122. The summed E-state index contributed by atoms with van der Waals surface area (Å²) < 4.78 is 12.1. The summed E-state index contributed by atoms with van der Waals surface area (Å²) >= 11 is 0. The average Bonchev–Trinajstić information content (AvgIpc) is 3.36. The van der Waals surface area contributed by atoms with Crippen LogP contribution in [0.15, 0.2) is 59.5 Å². The highest BCUT2D eigenvalue weighted by molar-refractivity contribution is 7.85. The minimum absolute atomic E-state index is 0.0706. The first-order chi connectivity index (χ1) is 11.2. The molecule has 1 aliphatic rings. The second-order valence-electron chi connectivity index (χ2n) is 5.96. The zero-order valence-corrected chi connectivity index (χ0v) is 14.0. The lowest BCUT2D eigenvalue weighted by Gasteiger charge is -2.07. The van der Waals surface area contributed by atoms with Crippen LogP contribution in [0.3, 0.4) is 0 Å². The van der Waals surface area contributed by atoms with Crippen LogP contribution < -0.4 is 5.32 Å². The molecule has 0 heterocycles. The molecule has 0 spiro atoms. The zero-order chi connectivity index (χ0) is 16.2. The van der Waals surface area contributed by atoms with E-state index in [1.807, 2.05) is 42.5 Å². The van der Waals surface area contributed by atoms with E-state index in [-0.39, 0.29) is 11.8 Å². The van der Waals surface area contributed by atoms with Crippen LogP contribution in [-0.2, 0) is 15.6 Å². The summed E-state index contributed by atoms with van der Waals surface area (Å²) in [6.45, 7) is 2.54. The fourth-order valence-corrected chi connectivity index (χ4v) is 3.90. The number of aryl methyl sites for hydroxylation is 1. The summed E-state index contributed by atoms with van der Waals surface area (Å²) in [4.78, 5) is 13.0. The molecule has 23 heavy (non-hydrogen) atoms. The predicted octanol–water partition coefficient (Wildman–Crippen LogP) is 3.02. The number of benzene rings is 2. The van der Waals surface area contributed by atoms with Crippen LogP contribution in [0.2, 0.25) is 0 Å². The molecule has 2 aromatic rings. The molecule has 1 amide bonds. The molecule has 1 aliphatic carbocycles. The summed E-state index contributed by atoms with van der Waals surface area (Å²) in [7, 11) is -1.06. The van der Waals surface area contributed by atoms with Gasteiger partial charge in [-0.15, -0.1) is 0 Å². The van der Waals surface area contributed by atoms with Gasteiger partial charge in [-0.05, 0) is 42.5 Å². The first-order valence-electron chi connectivity index (χ1n) is 7.93. The molecule has 0 saturated heterocycles. The third-order valence-electron chi connectivity index (χ3n) is 4.31. The highest BCUT2D eigenvalue weighted by Crippen LogP contribution is 2.48. The van der Waals surface area contributed by atoms with Gasteiger partial charge in [0.25, 0.3) is 0 Å². The van der Waals surface area contributed by atoms with Crippen molar-refractivity contribution in [2.45, 2.75) is 24.2 Å². The first-order valence-corrected chi connectivity index (χ1v) is 9.25. The van der Waals surface area contributed by atoms with Gasteiger partial charge >= 0.3 is 0 Å². The maximum Gasteiger partial charge on any atom is 0.223 e. The fraction of sp³-hybridized carbons (Fsp3) is 0.316. The minimum Gasteiger partial charge on any atom is -0.355 e. The lowest BCUT2D eigenvalue weighted by atomic mass is 10.0. The van der Waals surface area contributed by atoms with E-state index in [1.54, 1.807) is 0 Å². The molecule has 1 N–H and O–H groups in total. The highest BCUT2D eigenvalue weighted by Gasteiger charge is 2.44. The van der Waals surface area contributed by atoms with E-state index < -0.39 is 10.8 Å². The van der Waals surface area contributed by atoms with Crippen molar-refractivity contribution in [3.05, 3.63) is 65.7 Å². The van der Waals surface area contributed by atoms with Gasteiger partial charge in [0.05, 0.1) is 10.8 Å². The van der Waals surface area contributed by atoms with Crippen molar-refractivity contribution in [2.24, 2.45) is 5.92 Å². The van der Waals surface area contributed by atoms with E-state index in [0.717, 1.165) is 11.3 Å². The topological polar surface area (TPSA) is 46.2 Å². The molecule has 4 heteroatoms. The Labute approximate surface area is 139 Å². The van der Waals surface area contributed by atoms with E-state index in [4.69, 9.17) is 0 Å². The van der Waals surface area contributed by atoms with Crippen molar-refractivity contribution in [1.29, 1.82) is 0 Å². The molecule has 0 unspecified atom stereocenters. The predicted molar refractivity (Wildman–Crippen MR) is 92.8 cm³/mol. The maximum absolute atomic E-state index is 12.2. The van der Waals surface area contributed by atoms with E-state index in [0.29, 0.717) is 18.2 Å². The normalized spacial score (nSPS) is 20.7. The fourth-order valence-electron chi connectivity index (χ4n) is 2.92. The lowest BCUT2D eigenvalue weighted by Crippen LogP contribution is -2.29. The molecule has 1 fully saturated rings. The molecule has 0 aliphatic heterocycles. The molecular weight excluding hydrogens is 306 g/mol. The van der Waals surface area contributed by atoms with E-state index >= 15 is 0 Å². The Morgan fingerprint density at radius 1 is 1.13 bits per heavy atom.